The van der Waals surface area contributed by atoms with Crippen molar-refractivity contribution in [1.82, 2.24) is 5.32 Å². The van der Waals surface area contributed by atoms with Crippen LogP contribution in [0.4, 0.5) is 0 Å². The Hall–Kier alpha value is -2.24. The minimum Gasteiger partial charge on any atom is -0.486 e. The first-order valence-corrected chi connectivity index (χ1v) is 9.42. The number of amides is 1. The zero-order chi connectivity index (χ0) is 19.2. The lowest BCUT2D eigenvalue weighted by Crippen LogP contribution is -2.26. The lowest BCUT2D eigenvalue weighted by atomic mass is 10.1. The van der Waals surface area contributed by atoms with Gasteiger partial charge in [0.15, 0.2) is 17.3 Å². The summed E-state index contributed by atoms with van der Waals surface area (Å²) in [5.41, 5.74) is 1.31. The number of hydrogen-bond acceptors (Lipinski definition) is 4. The number of benzene rings is 2. The molecule has 1 aliphatic rings. The van der Waals surface area contributed by atoms with Crippen molar-refractivity contribution in [3.63, 3.8) is 0 Å². The van der Waals surface area contributed by atoms with Crippen molar-refractivity contribution in [3.8, 4) is 11.5 Å². The summed E-state index contributed by atoms with van der Waals surface area (Å²) in [6, 6.07) is 10.4. The highest BCUT2D eigenvalue weighted by Crippen LogP contribution is 2.31. The van der Waals surface area contributed by atoms with Crippen molar-refractivity contribution in [2.75, 3.05) is 19.8 Å². The van der Waals surface area contributed by atoms with E-state index in [2.05, 4.69) is 5.32 Å². The van der Waals surface area contributed by atoms with E-state index < -0.39 is 0 Å². The molecule has 2 aromatic carbocycles. The Morgan fingerprint density at radius 1 is 0.963 bits per heavy atom. The Morgan fingerprint density at radius 3 is 2.41 bits per heavy atom. The van der Waals surface area contributed by atoms with E-state index in [1.54, 1.807) is 36.4 Å². The number of ether oxygens (including phenoxy) is 2. The predicted molar refractivity (Wildman–Crippen MR) is 104 cm³/mol. The highest BCUT2D eigenvalue weighted by molar-refractivity contribution is 6.36. The third-order valence-corrected chi connectivity index (χ3v) is 4.91. The van der Waals surface area contributed by atoms with Gasteiger partial charge >= 0.3 is 0 Å². The van der Waals surface area contributed by atoms with E-state index in [-0.39, 0.29) is 24.5 Å². The van der Waals surface area contributed by atoms with Gasteiger partial charge in [0.1, 0.15) is 13.2 Å². The third kappa shape index (κ3) is 5.15. The number of hydrogen-bond donors (Lipinski definition) is 1. The highest BCUT2D eigenvalue weighted by atomic mass is 35.5. The maximum atomic E-state index is 12.3. The number of carbonyl (C=O) groups is 2. The Labute approximate surface area is 167 Å². The van der Waals surface area contributed by atoms with Crippen LogP contribution in [0.5, 0.6) is 11.5 Å². The molecule has 27 heavy (non-hydrogen) atoms. The van der Waals surface area contributed by atoms with Gasteiger partial charge in [-0.1, -0.05) is 29.3 Å². The van der Waals surface area contributed by atoms with Gasteiger partial charge < -0.3 is 14.8 Å². The van der Waals surface area contributed by atoms with Crippen LogP contribution in [0.2, 0.25) is 10.0 Å². The molecule has 0 spiro atoms. The molecule has 7 heteroatoms. The molecule has 0 saturated carbocycles. The molecule has 0 bridgehead atoms. The van der Waals surface area contributed by atoms with E-state index >= 15 is 0 Å². The average molecular weight is 408 g/mol. The molecule has 1 heterocycles. The smallest absolute Gasteiger partial charge is 0.220 e. The fraction of sp³-hybridized carbons (Fsp3) is 0.300. The topological polar surface area (TPSA) is 64.6 Å². The molecular weight excluding hydrogens is 389 g/mol. The van der Waals surface area contributed by atoms with Crippen LogP contribution >= 0.6 is 23.2 Å². The molecule has 0 fully saturated rings. The van der Waals surface area contributed by atoms with Gasteiger partial charge in [0.25, 0.3) is 0 Å². The van der Waals surface area contributed by atoms with Crippen LogP contribution in [0.15, 0.2) is 36.4 Å². The number of rotatable bonds is 7. The van der Waals surface area contributed by atoms with Crippen molar-refractivity contribution in [1.29, 1.82) is 0 Å². The van der Waals surface area contributed by atoms with Crippen LogP contribution in [0, 0.1) is 0 Å². The molecule has 2 aromatic rings. The summed E-state index contributed by atoms with van der Waals surface area (Å²) in [7, 11) is 0. The first-order chi connectivity index (χ1) is 13.0. The summed E-state index contributed by atoms with van der Waals surface area (Å²) in [6.45, 7) is 1.36. The summed E-state index contributed by atoms with van der Waals surface area (Å²) in [6.07, 6.45) is 0.766. The quantitative estimate of drug-likeness (QED) is 0.702. The Kier molecular flexibility index (Phi) is 6.58. The number of Topliss-reactive ketones (excluding diaryl/α,β-unsaturated/α-hetero) is 1. The molecule has 0 atom stereocenters. The van der Waals surface area contributed by atoms with E-state index in [4.69, 9.17) is 32.7 Å². The van der Waals surface area contributed by atoms with Gasteiger partial charge in [-0.15, -0.1) is 0 Å². The Morgan fingerprint density at radius 2 is 1.67 bits per heavy atom. The largest absolute Gasteiger partial charge is 0.486 e. The molecule has 0 radical (unpaired) electrons. The maximum absolute atomic E-state index is 12.3. The van der Waals surface area contributed by atoms with E-state index in [0.717, 1.165) is 5.56 Å². The van der Waals surface area contributed by atoms with Crippen LogP contribution < -0.4 is 14.8 Å². The number of carbonyl (C=O) groups excluding carboxylic acids is 2. The molecule has 0 saturated heterocycles. The lowest BCUT2D eigenvalue weighted by molar-refractivity contribution is -0.121. The fourth-order valence-corrected chi connectivity index (χ4v) is 3.36. The Bertz CT molecular complexity index is 834. The number of fused-ring (bicyclic) bond motifs is 1. The normalized spacial score (nSPS) is 12.5. The van der Waals surface area contributed by atoms with Crippen molar-refractivity contribution in [2.45, 2.75) is 19.3 Å². The van der Waals surface area contributed by atoms with E-state index in [0.29, 0.717) is 53.3 Å². The molecule has 142 valence electrons. The summed E-state index contributed by atoms with van der Waals surface area (Å²) in [4.78, 5) is 24.3. The van der Waals surface area contributed by atoms with Crippen molar-refractivity contribution >= 4 is 34.9 Å². The van der Waals surface area contributed by atoms with Crippen molar-refractivity contribution in [3.05, 3.63) is 57.6 Å². The van der Waals surface area contributed by atoms with Gasteiger partial charge in [0, 0.05) is 35.0 Å². The Balaban J connectivity index is 1.45. The van der Waals surface area contributed by atoms with E-state index in [1.807, 2.05) is 0 Å². The number of ketones is 1. The summed E-state index contributed by atoms with van der Waals surface area (Å²) in [5.74, 6) is 0.891. The summed E-state index contributed by atoms with van der Waals surface area (Å²) in [5, 5.41) is 3.94. The monoisotopic (exact) mass is 407 g/mol. The van der Waals surface area contributed by atoms with Gasteiger partial charge in [0.05, 0.1) is 0 Å². The zero-order valence-electron chi connectivity index (χ0n) is 14.6. The maximum Gasteiger partial charge on any atom is 0.220 e. The SMILES string of the molecule is O=C(CCC(=O)c1ccc2c(c1)OCCO2)NCCc1c(Cl)cccc1Cl. The number of nitrogens with one attached hydrogen (secondary N) is 1. The first kappa shape index (κ1) is 19.5. The lowest BCUT2D eigenvalue weighted by Gasteiger charge is -2.18. The highest BCUT2D eigenvalue weighted by Gasteiger charge is 2.16. The van der Waals surface area contributed by atoms with Gasteiger partial charge in [-0.2, -0.15) is 0 Å². The second kappa shape index (κ2) is 9.11. The molecule has 3 rings (SSSR count). The zero-order valence-corrected chi connectivity index (χ0v) is 16.1. The van der Waals surface area contributed by atoms with Gasteiger partial charge in [-0.25, -0.2) is 0 Å². The van der Waals surface area contributed by atoms with Crippen LogP contribution in [0.25, 0.3) is 0 Å². The predicted octanol–water partition coefficient (Wildman–Crippen LogP) is 4.09. The van der Waals surface area contributed by atoms with Crippen LogP contribution in [-0.2, 0) is 11.2 Å². The summed E-state index contributed by atoms with van der Waals surface area (Å²) >= 11 is 12.2. The minimum atomic E-state index is -0.191. The summed E-state index contributed by atoms with van der Waals surface area (Å²) < 4.78 is 10.9. The van der Waals surface area contributed by atoms with E-state index in [1.165, 1.54) is 0 Å². The molecule has 1 N–H and O–H groups in total. The van der Waals surface area contributed by atoms with Crippen LogP contribution in [-0.4, -0.2) is 31.4 Å². The third-order valence-electron chi connectivity index (χ3n) is 4.20. The minimum absolute atomic E-state index is 0.115. The number of halogens is 2. The van der Waals surface area contributed by atoms with Gasteiger partial charge in [-0.3, -0.25) is 9.59 Å². The molecule has 1 amide bonds. The van der Waals surface area contributed by atoms with E-state index in [9.17, 15) is 9.59 Å². The average Bonchev–Trinajstić information content (AvgIpc) is 2.68. The molecule has 1 aliphatic heterocycles. The molecule has 0 aromatic heterocycles. The standard InChI is InChI=1S/C20H19Cl2NO4/c21-15-2-1-3-16(22)14(15)8-9-23-20(25)7-5-17(24)13-4-6-18-19(12-13)27-11-10-26-18/h1-4,6,12H,5,7-11H2,(H,23,25). The second-order valence-electron chi connectivity index (χ2n) is 6.08. The first-order valence-electron chi connectivity index (χ1n) is 8.67. The van der Waals surface area contributed by atoms with Gasteiger partial charge in [-0.05, 0) is 42.3 Å². The second-order valence-corrected chi connectivity index (χ2v) is 6.90. The van der Waals surface area contributed by atoms with Crippen LogP contribution in [0.1, 0.15) is 28.8 Å². The van der Waals surface area contributed by atoms with Gasteiger partial charge in [0.2, 0.25) is 5.91 Å². The van der Waals surface area contributed by atoms with Crippen molar-refractivity contribution < 1.29 is 19.1 Å². The fourth-order valence-electron chi connectivity index (χ4n) is 2.77. The van der Waals surface area contributed by atoms with Crippen molar-refractivity contribution in [2.24, 2.45) is 0 Å². The molecular formula is C20H19Cl2NO4. The van der Waals surface area contributed by atoms with Crippen LogP contribution in [0.3, 0.4) is 0 Å². The molecule has 0 unspecified atom stereocenters. The molecule has 0 aliphatic carbocycles. The molecule has 5 nitrogen and oxygen atoms in total.